The number of aliphatic carboxylic acids is 2. The molecule has 0 saturated heterocycles. The predicted octanol–water partition coefficient (Wildman–Crippen LogP) is 1.11. The van der Waals surface area contributed by atoms with E-state index in [0.717, 1.165) is 0 Å². The summed E-state index contributed by atoms with van der Waals surface area (Å²) in [6.07, 6.45) is 0.182. The van der Waals surface area contributed by atoms with Gasteiger partial charge >= 0.3 is 11.9 Å². The average Bonchev–Trinajstić information content (AvgIpc) is 2.95. The minimum atomic E-state index is -1.20. The smallest absolute Gasteiger partial charge is 0.315 e. The van der Waals surface area contributed by atoms with E-state index in [-0.39, 0.29) is 6.42 Å². The van der Waals surface area contributed by atoms with Crippen LogP contribution in [0.5, 0.6) is 0 Å². The van der Waals surface area contributed by atoms with Gasteiger partial charge in [0.05, 0.1) is 5.92 Å². The van der Waals surface area contributed by atoms with E-state index in [1.54, 1.807) is 30.3 Å². The summed E-state index contributed by atoms with van der Waals surface area (Å²) in [5, 5.41) is 17.9. The first-order valence-electron chi connectivity index (χ1n) is 4.61. The van der Waals surface area contributed by atoms with Gasteiger partial charge in [-0.15, -0.1) is 0 Å². The average molecular weight is 206 g/mol. The van der Waals surface area contributed by atoms with Gasteiger partial charge < -0.3 is 10.2 Å². The lowest BCUT2D eigenvalue weighted by molar-refractivity contribution is -0.145. The molecule has 1 aromatic rings. The zero-order valence-electron chi connectivity index (χ0n) is 7.88. The van der Waals surface area contributed by atoms with E-state index in [9.17, 15) is 9.59 Å². The number of rotatable bonds is 3. The fourth-order valence-electron chi connectivity index (χ4n) is 1.98. The SMILES string of the molecule is O=C(O)[C@H]1C[C@]1(C(=O)O)c1ccccc1. The lowest BCUT2D eigenvalue weighted by Crippen LogP contribution is -2.25. The molecule has 0 aromatic heterocycles. The molecule has 0 aliphatic heterocycles. The summed E-state index contributed by atoms with van der Waals surface area (Å²) < 4.78 is 0. The van der Waals surface area contributed by atoms with Gasteiger partial charge in [-0.3, -0.25) is 9.59 Å². The second-order valence-corrected chi connectivity index (χ2v) is 3.74. The Balaban J connectivity index is 2.40. The van der Waals surface area contributed by atoms with Crippen LogP contribution in [0.1, 0.15) is 12.0 Å². The van der Waals surface area contributed by atoms with E-state index in [4.69, 9.17) is 10.2 Å². The Morgan fingerprint density at radius 2 is 1.80 bits per heavy atom. The monoisotopic (exact) mass is 206 g/mol. The first kappa shape index (κ1) is 9.71. The van der Waals surface area contributed by atoms with E-state index < -0.39 is 23.3 Å². The van der Waals surface area contributed by atoms with Crippen LogP contribution in [0.15, 0.2) is 30.3 Å². The van der Waals surface area contributed by atoms with E-state index in [1.165, 1.54) is 0 Å². The van der Waals surface area contributed by atoms with Crippen molar-refractivity contribution in [1.82, 2.24) is 0 Å². The molecule has 4 heteroatoms. The van der Waals surface area contributed by atoms with Crippen molar-refractivity contribution in [2.45, 2.75) is 11.8 Å². The standard InChI is InChI=1S/C11H10O4/c12-9(13)8-6-11(8,10(14)15)7-4-2-1-3-5-7/h1-5,8H,6H2,(H,12,13)(H,14,15)/t8-,11+/m1/s1. The third kappa shape index (κ3) is 1.29. The van der Waals surface area contributed by atoms with Crippen LogP contribution < -0.4 is 0 Å². The zero-order valence-corrected chi connectivity index (χ0v) is 7.88. The van der Waals surface area contributed by atoms with Crippen molar-refractivity contribution in [2.24, 2.45) is 5.92 Å². The summed E-state index contributed by atoms with van der Waals surface area (Å²) in [6, 6.07) is 8.54. The van der Waals surface area contributed by atoms with Gasteiger partial charge in [-0.25, -0.2) is 0 Å². The summed E-state index contributed by atoms with van der Waals surface area (Å²) >= 11 is 0. The highest BCUT2D eigenvalue weighted by atomic mass is 16.4. The number of carboxylic acids is 2. The summed E-state index contributed by atoms with van der Waals surface area (Å²) in [6.45, 7) is 0. The van der Waals surface area contributed by atoms with Crippen LogP contribution in [0, 0.1) is 5.92 Å². The number of hydrogen-bond acceptors (Lipinski definition) is 2. The Morgan fingerprint density at radius 3 is 2.20 bits per heavy atom. The molecular weight excluding hydrogens is 196 g/mol. The Hall–Kier alpha value is -1.84. The van der Waals surface area contributed by atoms with E-state index in [2.05, 4.69) is 0 Å². The van der Waals surface area contributed by atoms with Gasteiger partial charge in [-0.2, -0.15) is 0 Å². The van der Waals surface area contributed by atoms with E-state index in [0.29, 0.717) is 5.56 Å². The molecule has 2 atom stereocenters. The Morgan fingerprint density at radius 1 is 1.20 bits per heavy atom. The molecular formula is C11H10O4. The molecule has 2 rings (SSSR count). The van der Waals surface area contributed by atoms with Crippen molar-refractivity contribution >= 4 is 11.9 Å². The molecule has 0 heterocycles. The number of carboxylic acid groups (broad SMARTS) is 2. The fraction of sp³-hybridized carbons (Fsp3) is 0.273. The van der Waals surface area contributed by atoms with Crippen LogP contribution in [-0.4, -0.2) is 22.2 Å². The van der Waals surface area contributed by atoms with Crippen LogP contribution in [0.2, 0.25) is 0 Å². The van der Waals surface area contributed by atoms with Crippen molar-refractivity contribution in [2.75, 3.05) is 0 Å². The van der Waals surface area contributed by atoms with Crippen LogP contribution >= 0.6 is 0 Å². The highest BCUT2D eigenvalue weighted by molar-refractivity contribution is 5.94. The Labute approximate surface area is 86.2 Å². The largest absolute Gasteiger partial charge is 0.481 e. The normalized spacial score (nSPS) is 28.4. The molecule has 0 amide bonds. The summed E-state index contributed by atoms with van der Waals surface area (Å²) in [5.74, 6) is -2.89. The van der Waals surface area contributed by atoms with Gasteiger partial charge in [-0.05, 0) is 12.0 Å². The highest BCUT2D eigenvalue weighted by Gasteiger charge is 2.65. The van der Waals surface area contributed by atoms with Gasteiger partial charge in [0.1, 0.15) is 5.41 Å². The maximum atomic E-state index is 11.1. The summed E-state index contributed by atoms with van der Waals surface area (Å²) in [7, 11) is 0. The quantitative estimate of drug-likeness (QED) is 0.776. The molecule has 1 aliphatic carbocycles. The second-order valence-electron chi connectivity index (χ2n) is 3.74. The van der Waals surface area contributed by atoms with Crippen molar-refractivity contribution in [1.29, 1.82) is 0 Å². The fourth-order valence-corrected chi connectivity index (χ4v) is 1.98. The van der Waals surface area contributed by atoms with Crippen molar-refractivity contribution in [3.63, 3.8) is 0 Å². The van der Waals surface area contributed by atoms with Gasteiger partial charge in [0.15, 0.2) is 0 Å². The van der Waals surface area contributed by atoms with Gasteiger partial charge in [0, 0.05) is 0 Å². The molecule has 4 nitrogen and oxygen atoms in total. The number of hydrogen-bond donors (Lipinski definition) is 2. The Bertz CT molecular complexity index is 412. The molecule has 1 fully saturated rings. The lowest BCUT2D eigenvalue weighted by atomic mass is 9.93. The minimum Gasteiger partial charge on any atom is -0.481 e. The van der Waals surface area contributed by atoms with Crippen LogP contribution in [0.3, 0.4) is 0 Å². The third-order valence-corrected chi connectivity index (χ3v) is 2.93. The first-order valence-corrected chi connectivity index (χ1v) is 4.61. The third-order valence-electron chi connectivity index (χ3n) is 2.93. The van der Waals surface area contributed by atoms with Crippen molar-refractivity contribution < 1.29 is 19.8 Å². The van der Waals surface area contributed by atoms with E-state index >= 15 is 0 Å². The van der Waals surface area contributed by atoms with E-state index in [1.807, 2.05) is 0 Å². The van der Waals surface area contributed by atoms with Gasteiger partial charge in [0.2, 0.25) is 0 Å². The van der Waals surface area contributed by atoms with Crippen molar-refractivity contribution in [3.8, 4) is 0 Å². The molecule has 1 aromatic carbocycles. The summed E-state index contributed by atoms with van der Waals surface area (Å²) in [4.78, 5) is 21.9. The molecule has 1 saturated carbocycles. The minimum absolute atomic E-state index is 0.182. The van der Waals surface area contributed by atoms with Crippen LogP contribution in [-0.2, 0) is 15.0 Å². The van der Waals surface area contributed by atoms with Crippen molar-refractivity contribution in [3.05, 3.63) is 35.9 Å². The Kier molecular flexibility index (Phi) is 2.00. The zero-order chi connectivity index (χ0) is 11.1. The molecule has 0 spiro atoms. The maximum Gasteiger partial charge on any atom is 0.315 e. The number of benzene rings is 1. The molecule has 2 N–H and O–H groups in total. The molecule has 0 unspecified atom stereocenters. The topological polar surface area (TPSA) is 74.6 Å². The van der Waals surface area contributed by atoms with Gasteiger partial charge in [-0.1, -0.05) is 30.3 Å². The molecule has 15 heavy (non-hydrogen) atoms. The second kappa shape index (κ2) is 3.08. The first-order chi connectivity index (χ1) is 7.09. The molecule has 78 valence electrons. The lowest BCUT2D eigenvalue weighted by Gasteiger charge is -2.10. The predicted molar refractivity (Wildman–Crippen MR) is 51.5 cm³/mol. The molecule has 0 bridgehead atoms. The summed E-state index contributed by atoms with van der Waals surface area (Å²) in [5.41, 5.74) is -0.627. The van der Waals surface area contributed by atoms with Gasteiger partial charge in [0.25, 0.3) is 0 Å². The maximum absolute atomic E-state index is 11.1. The van der Waals surface area contributed by atoms with Crippen LogP contribution in [0.4, 0.5) is 0 Å². The highest BCUT2D eigenvalue weighted by Crippen LogP contribution is 2.54. The molecule has 0 radical (unpaired) electrons. The molecule has 1 aliphatic rings. The van der Waals surface area contributed by atoms with Crippen LogP contribution in [0.25, 0.3) is 0 Å². The number of carbonyl (C=O) groups is 2.